The Hall–Kier alpha value is -0.940. The molecule has 1 aromatic rings. The largest absolute Gasteiger partial charge is 0.387 e. The Morgan fingerprint density at radius 2 is 1.89 bits per heavy atom. The third-order valence-electron chi connectivity index (χ3n) is 3.42. The first-order valence-corrected chi connectivity index (χ1v) is 6.35. The normalized spacial score (nSPS) is 20.2. The van der Waals surface area contributed by atoms with Crippen molar-refractivity contribution < 1.29 is 14.6 Å². The van der Waals surface area contributed by atoms with Crippen LogP contribution in [0.15, 0.2) is 30.3 Å². The molecule has 18 heavy (non-hydrogen) atoms. The van der Waals surface area contributed by atoms with Crippen LogP contribution in [0.2, 0.25) is 0 Å². The van der Waals surface area contributed by atoms with Crippen LogP contribution < -0.4 is 0 Å². The molecule has 1 N–H and O–H groups in total. The van der Waals surface area contributed by atoms with Gasteiger partial charge in [0.1, 0.15) is 0 Å². The van der Waals surface area contributed by atoms with Crippen molar-refractivity contribution in [2.75, 3.05) is 26.8 Å². The van der Waals surface area contributed by atoms with Gasteiger partial charge in [-0.1, -0.05) is 30.3 Å². The zero-order valence-corrected chi connectivity index (χ0v) is 11.0. The Bertz CT molecular complexity index is 351. The molecule has 2 rings (SSSR count). The monoisotopic (exact) mass is 251 g/mol. The lowest BCUT2D eigenvalue weighted by atomic mass is 10.0. The van der Waals surface area contributed by atoms with Gasteiger partial charge in [0.2, 0.25) is 0 Å². The van der Waals surface area contributed by atoms with Crippen molar-refractivity contribution in [2.45, 2.75) is 25.4 Å². The van der Waals surface area contributed by atoms with Crippen molar-refractivity contribution in [2.24, 2.45) is 0 Å². The zero-order valence-electron chi connectivity index (χ0n) is 11.0. The summed E-state index contributed by atoms with van der Waals surface area (Å²) in [6, 6.07) is 9.73. The molecule has 0 spiro atoms. The van der Waals surface area contributed by atoms with Gasteiger partial charge in [-0.3, -0.25) is 4.90 Å². The predicted octanol–water partition coefficient (Wildman–Crippen LogP) is 1.41. The molecule has 4 nitrogen and oxygen atoms in total. The topological polar surface area (TPSA) is 41.9 Å². The Balaban J connectivity index is 1.91. The summed E-state index contributed by atoms with van der Waals surface area (Å²) in [6.07, 6.45) is -0.668. The molecule has 1 fully saturated rings. The second-order valence-electron chi connectivity index (χ2n) is 4.71. The molecule has 0 aromatic heterocycles. The SMILES string of the molecule is C[C@@H]([C@@H](O)c1ccccc1)N(C)CC1OCCO1. The minimum Gasteiger partial charge on any atom is -0.387 e. The molecule has 1 aliphatic heterocycles. The first kappa shape index (κ1) is 13.5. The fourth-order valence-electron chi connectivity index (χ4n) is 2.08. The van der Waals surface area contributed by atoms with E-state index in [1.165, 1.54) is 0 Å². The Morgan fingerprint density at radius 3 is 2.50 bits per heavy atom. The maximum atomic E-state index is 10.3. The average Bonchev–Trinajstić information content (AvgIpc) is 2.91. The van der Waals surface area contributed by atoms with Crippen molar-refractivity contribution in [1.82, 2.24) is 4.90 Å². The summed E-state index contributed by atoms with van der Waals surface area (Å²) in [6.45, 7) is 4.00. The third-order valence-corrected chi connectivity index (χ3v) is 3.42. The molecule has 1 aromatic carbocycles. The quantitative estimate of drug-likeness (QED) is 0.859. The zero-order chi connectivity index (χ0) is 13.0. The van der Waals surface area contributed by atoms with Gasteiger partial charge in [-0.2, -0.15) is 0 Å². The number of hydrogen-bond donors (Lipinski definition) is 1. The average molecular weight is 251 g/mol. The molecule has 0 aliphatic carbocycles. The summed E-state index contributed by atoms with van der Waals surface area (Å²) in [5.74, 6) is 0. The summed E-state index contributed by atoms with van der Waals surface area (Å²) in [7, 11) is 1.97. The maximum absolute atomic E-state index is 10.3. The number of aliphatic hydroxyl groups excluding tert-OH is 1. The highest BCUT2D eigenvalue weighted by Crippen LogP contribution is 2.20. The van der Waals surface area contributed by atoms with Crippen LogP contribution in [0.4, 0.5) is 0 Å². The lowest BCUT2D eigenvalue weighted by Crippen LogP contribution is -2.39. The highest BCUT2D eigenvalue weighted by Gasteiger charge is 2.25. The van der Waals surface area contributed by atoms with Crippen molar-refractivity contribution in [3.8, 4) is 0 Å². The van der Waals surface area contributed by atoms with E-state index in [9.17, 15) is 5.11 Å². The molecule has 0 saturated carbocycles. The van der Waals surface area contributed by atoms with E-state index in [1.54, 1.807) is 0 Å². The third kappa shape index (κ3) is 3.29. The minimum atomic E-state index is -0.502. The van der Waals surface area contributed by atoms with Crippen LogP contribution in [0.5, 0.6) is 0 Å². The number of benzene rings is 1. The number of hydrogen-bond acceptors (Lipinski definition) is 4. The van der Waals surface area contributed by atoms with Crippen LogP contribution in [-0.2, 0) is 9.47 Å². The molecular formula is C14H21NO3. The van der Waals surface area contributed by atoms with Gasteiger partial charge in [0.05, 0.1) is 19.3 Å². The van der Waals surface area contributed by atoms with E-state index in [4.69, 9.17) is 9.47 Å². The molecule has 100 valence electrons. The maximum Gasteiger partial charge on any atom is 0.170 e. The van der Waals surface area contributed by atoms with Gasteiger partial charge in [0.25, 0.3) is 0 Å². The first-order valence-electron chi connectivity index (χ1n) is 6.35. The lowest BCUT2D eigenvalue weighted by molar-refractivity contribution is -0.0712. The number of aliphatic hydroxyl groups is 1. The molecule has 2 atom stereocenters. The molecule has 0 bridgehead atoms. The van der Waals surface area contributed by atoms with Gasteiger partial charge in [0.15, 0.2) is 6.29 Å². The standard InChI is InChI=1S/C14H21NO3/c1-11(14(16)12-6-4-3-5-7-12)15(2)10-13-17-8-9-18-13/h3-7,11,13-14,16H,8-10H2,1-2H3/t11-,14+/m0/s1. The van der Waals surface area contributed by atoms with E-state index in [0.29, 0.717) is 19.8 Å². The summed E-state index contributed by atoms with van der Waals surface area (Å²) < 4.78 is 10.8. The van der Waals surface area contributed by atoms with Crippen molar-refractivity contribution in [3.05, 3.63) is 35.9 Å². The van der Waals surface area contributed by atoms with Gasteiger partial charge in [-0.25, -0.2) is 0 Å². The predicted molar refractivity (Wildman–Crippen MR) is 69.2 cm³/mol. The minimum absolute atomic E-state index is 0.0141. The van der Waals surface area contributed by atoms with E-state index in [-0.39, 0.29) is 12.3 Å². The van der Waals surface area contributed by atoms with Crippen LogP contribution in [0.25, 0.3) is 0 Å². The van der Waals surface area contributed by atoms with Crippen LogP contribution in [-0.4, -0.2) is 49.1 Å². The molecule has 0 radical (unpaired) electrons. The van der Waals surface area contributed by atoms with Crippen molar-refractivity contribution >= 4 is 0 Å². The van der Waals surface area contributed by atoms with Gasteiger partial charge in [-0.05, 0) is 19.5 Å². The Labute approximate surface area is 108 Å². The fraction of sp³-hybridized carbons (Fsp3) is 0.571. The Morgan fingerprint density at radius 1 is 1.28 bits per heavy atom. The summed E-state index contributed by atoms with van der Waals surface area (Å²) in [5, 5.41) is 10.3. The van der Waals surface area contributed by atoms with E-state index in [2.05, 4.69) is 4.90 Å². The second-order valence-corrected chi connectivity index (χ2v) is 4.71. The number of ether oxygens (including phenoxy) is 2. The van der Waals surface area contributed by atoms with Crippen LogP contribution in [0.3, 0.4) is 0 Å². The molecule has 1 aliphatic rings. The highest BCUT2D eigenvalue weighted by atomic mass is 16.7. The van der Waals surface area contributed by atoms with Crippen molar-refractivity contribution in [3.63, 3.8) is 0 Å². The van der Waals surface area contributed by atoms with Crippen LogP contribution in [0, 0.1) is 0 Å². The molecule has 0 amide bonds. The van der Waals surface area contributed by atoms with E-state index in [0.717, 1.165) is 5.56 Å². The number of nitrogens with zero attached hydrogens (tertiary/aromatic N) is 1. The summed E-state index contributed by atoms with van der Waals surface area (Å²) in [4.78, 5) is 2.06. The van der Waals surface area contributed by atoms with Gasteiger partial charge in [0, 0.05) is 12.6 Å². The van der Waals surface area contributed by atoms with E-state index < -0.39 is 6.10 Å². The van der Waals surface area contributed by atoms with Crippen LogP contribution in [0.1, 0.15) is 18.6 Å². The number of rotatable bonds is 5. The number of likely N-dealkylation sites (N-methyl/N-ethyl adjacent to an activating group) is 1. The lowest BCUT2D eigenvalue weighted by Gasteiger charge is -2.30. The fourth-order valence-corrected chi connectivity index (χ4v) is 2.08. The van der Waals surface area contributed by atoms with E-state index in [1.807, 2.05) is 44.3 Å². The second kappa shape index (κ2) is 6.29. The van der Waals surface area contributed by atoms with Gasteiger partial charge >= 0.3 is 0 Å². The van der Waals surface area contributed by atoms with Crippen LogP contribution >= 0.6 is 0 Å². The summed E-state index contributed by atoms with van der Waals surface area (Å²) in [5.41, 5.74) is 0.935. The molecule has 1 heterocycles. The smallest absolute Gasteiger partial charge is 0.170 e. The van der Waals surface area contributed by atoms with Gasteiger partial charge in [-0.15, -0.1) is 0 Å². The van der Waals surface area contributed by atoms with Gasteiger partial charge < -0.3 is 14.6 Å². The van der Waals surface area contributed by atoms with E-state index >= 15 is 0 Å². The van der Waals surface area contributed by atoms with Crippen molar-refractivity contribution in [1.29, 1.82) is 0 Å². The summed E-state index contributed by atoms with van der Waals surface area (Å²) >= 11 is 0. The molecule has 1 saturated heterocycles. The molecular weight excluding hydrogens is 230 g/mol. The molecule has 0 unspecified atom stereocenters. The molecule has 4 heteroatoms. The Kier molecular flexibility index (Phi) is 4.72. The first-order chi connectivity index (χ1) is 8.68. The highest BCUT2D eigenvalue weighted by molar-refractivity contribution is 5.18.